The lowest BCUT2D eigenvalue weighted by Gasteiger charge is -1.92. The lowest BCUT2D eigenvalue weighted by atomic mass is 10.4. The van der Waals surface area contributed by atoms with Crippen molar-refractivity contribution in [2.24, 2.45) is 0 Å². The third kappa shape index (κ3) is 1.48. The summed E-state index contributed by atoms with van der Waals surface area (Å²) in [7, 11) is 0. The second-order valence-electron chi connectivity index (χ2n) is 1.74. The summed E-state index contributed by atoms with van der Waals surface area (Å²) < 4.78 is 12.9. The Morgan fingerprint density at radius 2 is 2.33 bits per heavy atom. The number of hydrogen-bond donors (Lipinski definition) is 0. The zero-order chi connectivity index (χ0) is 6.85. The molecule has 0 fully saturated rings. The number of aromatic nitrogens is 1. The van der Waals surface area contributed by atoms with Gasteiger partial charge in [0.2, 0.25) is 0 Å². The van der Waals surface area contributed by atoms with Gasteiger partial charge in [-0.3, -0.25) is 4.98 Å². The summed E-state index contributed by atoms with van der Waals surface area (Å²) in [5.41, 5.74) is 0.809. The van der Waals surface area contributed by atoms with E-state index in [0.29, 0.717) is 4.47 Å². The molecule has 1 rings (SSSR count). The normalized spacial score (nSPS) is 9.67. The molecule has 0 saturated carbocycles. The first-order valence-electron chi connectivity index (χ1n) is 2.48. The summed E-state index contributed by atoms with van der Waals surface area (Å²) in [5.74, 6) is -0.319. The quantitative estimate of drug-likeness (QED) is 0.611. The Morgan fingerprint density at radius 3 is 2.78 bits per heavy atom. The van der Waals surface area contributed by atoms with Gasteiger partial charge in [0.15, 0.2) is 5.82 Å². The predicted octanol–water partition coefficient (Wildman–Crippen LogP) is 2.29. The standard InChI is InChI=1S/C6H5BrFN/c1-4-2-5(7)6(8)3-9-4/h2-3H,1H3. The van der Waals surface area contributed by atoms with E-state index in [1.54, 1.807) is 6.07 Å². The highest BCUT2D eigenvalue weighted by atomic mass is 79.9. The molecule has 3 heteroatoms. The Morgan fingerprint density at radius 1 is 1.67 bits per heavy atom. The maximum Gasteiger partial charge on any atom is 0.155 e. The van der Waals surface area contributed by atoms with E-state index in [0.717, 1.165) is 5.69 Å². The van der Waals surface area contributed by atoms with E-state index in [4.69, 9.17) is 0 Å². The van der Waals surface area contributed by atoms with E-state index >= 15 is 0 Å². The molecule has 0 bridgehead atoms. The van der Waals surface area contributed by atoms with Crippen molar-refractivity contribution in [1.29, 1.82) is 0 Å². The molecule has 0 N–H and O–H groups in total. The molecule has 1 aromatic rings. The third-order valence-corrected chi connectivity index (χ3v) is 1.55. The molecule has 1 heterocycles. The van der Waals surface area contributed by atoms with Crippen molar-refractivity contribution in [2.75, 3.05) is 0 Å². The SMILES string of the molecule is Cc1cc(Br)c(F)cn1. The second kappa shape index (κ2) is 2.43. The van der Waals surface area contributed by atoms with Gasteiger partial charge in [-0.15, -0.1) is 0 Å². The van der Waals surface area contributed by atoms with Crippen LogP contribution in [0.1, 0.15) is 5.69 Å². The van der Waals surface area contributed by atoms with E-state index in [9.17, 15) is 4.39 Å². The number of halogens is 2. The van der Waals surface area contributed by atoms with Crippen molar-refractivity contribution in [1.82, 2.24) is 4.98 Å². The van der Waals surface area contributed by atoms with Crippen molar-refractivity contribution in [3.63, 3.8) is 0 Å². The average Bonchev–Trinajstić information content (AvgIpc) is 1.80. The van der Waals surface area contributed by atoms with E-state index in [1.807, 2.05) is 6.92 Å². The second-order valence-corrected chi connectivity index (χ2v) is 2.59. The first-order valence-corrected chi connectivity index (χ1v) is 3.27. The van der Waals surface area contributed by atoms with Gasteiger partial charge in [-0.1, -0.05) is 0 Å². The predicted molar refractivity (Wildman–Crippen MR) is 36.6 cm³/mol. The van der Waals surface area contributed by atoms with Crippen LogP contribution in [-0.4, -0.2) is 4.98 Å². The minimum Gasteiger partial charge on any atom is -0.258 e. The third-order valence-electron chi connectivity index (χ3n) is 0.945. The Hall–Kier alpha value is -0.440. The van der Waals surface area contributed by atoms with E-state index in [2.05, 4.69) is 20.9 Å². The minimum atomic E-state index is -0.319. The van der Waals surface area contributed by atoms with Gasteiger partial charge in [0.1, 0.15) is 0 Å². The van der Waals surface area contributed by atoms with Crippen LogP contribution < -0.4 is 0 Å². The topological polar surface area (TPSA) is 12.9 Å². The van der Waals surface area contributed by atoms with Crippen molar-refractivity contribution in [3.05, 3.63) is 28.2 Å². The fraction of sp³-hybridized carbons (Fsp3) is 0.167. The molecule has 0 saturated heterocycles. The average molecular weight is 190 g/mol. The molecular formula is C6H5BrFN. The molecular weight excluding hydrogens is 185 g/mol. The Labute approximate surface area is 61.0 Å². The van der Waals surface area contributed by atoms with Crippen LogP contribution in [-0.2, 0) is 0 Å². The van der Waals surface area contributed by atoms with Gasteiger partial charge in [0.05, 0.1) is 10.7 Å². The molecule has 0 atom stereocenters. The van der Waals surface area contributed by atoms with Gasteiger partial charge in [-0.25, -0.2) is 4.39 Å². The van der Waals surface area contributed by atoms with Gasteiger partial charge in [0, 0.05) is 5.69 Å². The molecule has 1 nitrogen and oxygen atoms in total. The van der Waals surface area contributed by atoms with Crippen molar-refractivity contribution >= 4 is 15.9 Å². The van der Waals surface area contributed by atoms with E-state index in [1.165, 1.54) is 6.20 Å². The molecule has 0 aliphatic heterocycles. The summed E-state index contributed by atoms with van der Waals surface area (Å²) in [4.78, 5) is 3.73. The summed E-state index contributed by atoms with van der Waals surface area (Å²) >= 11 is 3.03. The smallest absolute Gasteiger partial charge is 0.155 e. The number of nitrogens with zero attached hydrogens (tertiary/aromatic N) is 1. The molecule has 0 unspecified atom stereocenters. The fourth-order valence-corrected chi connectivity index (χ4v) is 0.943. The maximum absolute atomic E-state index is 12.4. The zero-order valence-electron chi connectivity index (χ0n) is 4.86. The van der Waals surface area contributed by atoms with Crippen LogP contribution in [0.25, 0.3) is 0 Å². The monoisotopic (exact) mass is 189 g/mol. The Bertz CT molecular complexity index is 224. The lowest BCUT2D eigenvalue weighted by Crippen LogP contribution is -1.83. The molecule has 48 valence electrons. The van der Waals surface area contributed by atoms with Crippen molar-refractivity contribution in [3.8, 4) is 0 Å². The van der Waals surface area contributed by atoms with Gasteiger partial charge in [-0.2, -0.15) is 0 Å². The zero-order valence-corrected chi connectivity index (χ0v) is 6.44. The Balaban J connectivity index is 3.17. The van der Waals surface area contributed by atoms with Crippen LogP contribution in [0.5, 0.6) is 0 Å². The molecule has 0 amide bonds. The first-order chi connectivity index (χ1) is 4.20. The molecule has 0 spiro atoms. The molecule has 0 aromatic carbocycles. The number of pyridine rings is 1. The summed E-state index contributed by atoms with van der Waals surface area (Å²) in [6, 6.07) is 1.63. The van der Waals surface area contributed by atoms with Gasteiger partial charge < -0.3 is 0 Å². The number of rotatable bonds is 0. The van der Waals surface area contributed by atoms with Crippen LogP contribution in [0.15, 0.2) is 16.7 Å². The largest absolute Gasteiger partial charge is 0.258 e. The number of aryl methyl sites for hydroxylation is 1. The first kappa shape index (κ1) is 6.68. The van der Waals surface area contributed by atoms with Gasteiger partial charge in [-0.05, 0) is 28.9 Å². The van der Waals surface area contributed by atoms with Crippen LogP contribution in [0.4, 0.5) is 4.39 Å². The summed E-state index contributed by atoms with van der Waals surface area (Å²) in [5, 5.41) is 0. The highest BCUT2D eigenvalue weighted by molar-refractivity contribution is 9.10. The minimum absolute atomic E-state index is 0.319. The maximum atomic E-state index is 12.4. The summed E-state index contributed by atoms with van der Waals surface area (Å²) in [6.45, 7) is 1.81. The highest BCUT2D eigenvalue weighted by Crippen LogP contribution is 2.13. The lowest BCUT2D eigenvalue weighted by molar-refractivity contribution is 0.613. The molecule has 9 heavy (non-hydrogen) atoms. The van der Waals surface area contributed by atoms with Crippen LogP contribution in [0, 0.1) is 12.7 Å². The Kier molecular flexibility index (Phi) is 1.81. The molecule has 0 radical (unpaired) electrons. The van der Waals surface area contributed by atoms with E-state index < -0.39 is 0 Å². The summed E-state index contributed by atoms with van der Waals surface area (Å²) in [6.07, 6.45) is 1.19. The van der Waals surface area contributed by atoms with Gasteiger partial charge >= 0.3 is 0 Å². The van der Waals surface area contributed by atoms with Crippen LogP contribution in [0.2, 0.25) is 0 Å². The highest BCUT2D eigenvalue weighted by Gasteiger charge is 1.96. The van der Waals surface area contributed by atoms with Crippen molar-refractivity contribution in [2.45, 2.75) is 6.92 Å². The van der Waals surface area contributed by atoms with E-state index in [-0.39, 0.29) is 5.82 Å². The fourth-order valence-electron chi connectivity index (χ4n) is 0.510. The molecule has 0 aliphatic carbocycles. The van der Waals surface area contributed by atoms with Crippen molar-refractivity contribution < 1.29 is 4.39 Å². The van der Waals surface area contributed by atoms with Crippen LogP contribution >= 0.6 is 15.9 Å². The molecule has 1 aromatic heterocycles. The van der Waals surface area contributed by atoms with Crippen LogP contribution in [0.3, 0.4) is 0 Å². The number of hydrogen-bond acceptors (Lipinski definition) is 1. The van der Waals surface area contributed by atoms with Gasteiger partial charge in [0.25, 0.3) is 0 Å². The molecule has 0 aliphatic rings.